The van der Waals surface area contributed by atoms with Gasteiger partial charge in [0.2, 0.25) is 5.91 Å². The van der Waals surface area contributed by atoms with Gasteiger partial charge in [-0.3, -0.25) is 9.59 Å². The molecule has 9 heteroatoms. The molecule has 1 aromatic carbocycles. The molecule has 2 aromatic rings. The summed E-state index contributed by atoms with van der Waals surface area (Å²) in [7, 11) is 1.56. The fraction of sp³-hybridized carbons (Fsp3) is 0.318. The van der Waals surface area contributed by atoms with E-state index in [1.165, 1.54) is 12.1 Å². The van der Waals surface area contributed by atoms with Gasteiger partial charge in [-0.15, -0.1) is 0 Å². The molecule has 1 fully saturated rings. The van der Waals surface area contributed by atoms with Crippen LogP contribution < -0.4 is 10.2 Å². The monoisotopic (exact) mass is 432 g/mol. The van der Waals surface area contributed by atoms with E-state index >= 15 is 0 Å². The van der Waals surface area contributed by atoms with E-state index in [-0.39, 0.29) is 11.8 Å². The van der Waals surface area contributed by atoms with Crippen LogP contribution in [0.25, 0.3) is 6.08 Å². The average molecular weight is 432 g/mol. The highest BCUT2D eigenvalue weighted by Gasteiger charge is 2.31. The molecule has 2 heterocycles. The van der Waals surface area contributed by atoms with Gasteiger partial charge in [0.25, 0.3) is 5.91 Å². The molecule has 164 valence electrons. The maximum Gasteiger partial charge on any atom is 0.417 e. The van der Waals surface area contributed by atoms with Crippen molar-refractivity contribution in [3.8, 4) is 0 Å². The molecular weight excluding hydrogens is 409 g/mol. The van der Waals surface area contributed by atoms with Crippen molar-refractivity contribution in [1.29, 1.82) is 0 Å². The zero-order chi connectivity index (χ0) is 22.4. The van der Waals surface area contributed by atoms with Gasteiger partial charge in [-0.25, -0.2) is 4.98 Å². The van der Waals surface area contributed by atoms with Crippen molar-refractivity contribution in [2.24, 2.45) is 0 Å². The lowest BCUT2D eigenvalue weighted by atomic mass is 10.1. The van der Waals surface area contributed by atoms with Crippen LogP contribution in [0, 0.1) is 0 Å². The van der Waals surface area contributed by atoms with Gasteiger partial charge < -0.3 is 15.1 Å². The third-order valence-electron chi connectivity index (χ3n) is 5.03. The van der Waals surface area contributed by atoms with Crippen LogP contribution >= 0.6 is 0 Å². The smallest absolute Gasteiger partial charge is 0.355 e. The maximum absolute atomic E-state index is 12.7. The molecular formula is C22H23F3N4O2. The van der Waals surface area contributed by atoms with Crippen LogP contribution in [0.4, 0.5) is 19.0 Å². The van der Waals surface area contributed by atoms with E-state index in [2.05, 4.69) is 10.3 Å². The van der Waals surface area contributed by atoms with E-state index in [1.807, 2.05) is 4.90 Å². The summed E-state index contributed by atoms with van der Waals surface area (Å²) in [5, 5.41) is 2.55. The Balaban J connectivity index is 1.58. The van der Waals surface area contributed by atoms with Crippen LogP contribution in [0.15, 0.2) is 48.7 Å². The normalized spacial score (nSPS) is 15.1. The quantitative estimate of drug-likeness (QED) is 0.754. The van der Waals surface area contributed by atoms with Crippen LogP contribution in [0.2, 0.25) is 0 Å². The van der Waals surface area contributed by atoms with Crippen molar-refractivity contribution in [2.75, 3.05) is 38.1 Å². The summed E-state index contributed by atoms with van der Waals surface area (Å²) in [5.74, 6) is 0.148. The molecule has 1 N–H and O–H groups in total. The van der Waals surface area contributed by atoms with Gasteiger partial charge in [-0.05, 0) is 42.3 Å². The van der Waals surface area contributed by atoms with Crippen LogP contribution in [0.5, 0.6) is 0 Å². The minimum absolute atomic E-state index is 0.141. The Morgan fingerprint density at radius 2 is 1.77 bits per heavy atom. The van der Waals surface area contributed by atoms with E-state index in [0.29, 0.717) is 44.0 Å². The van der Waals surface area contributed by atoms with E-state index < -0.39 is 11.7 Å². The Hall–Kier alpha value is -3.36. The zero-order valence-electron chi connectivity index (χ0n) is 17.0. The molecule has 1 aliphatic heterocycles. The second-order valence-electron chi connectivity index (χ2n) is 7.10. The number of carbonyl (C=O) groups is 2. The summed E-state index contributed by atoms with van der Waals surface area (Å²) in [6, 6.07) is 9.27. The molecule has 0 atom stereocenters. The number of rotatable bonds is 4. The predicted molar refractivity (Wildman–Crippen MR) is 112 cm³/mol. The minimum atomic E-state index is -4.41. The number of hydrogen-bond acceptors (Lipinski definition) is 4. The Morgan fingerprint density at radius 1 is 1.03 bits per heavy atom. The van der Waals surface area contributed by atoms with Crippen LogP contribution in [-0.2, 0) is 11.0 Å². The summed E-state index contributed by atoms with van der Waals surface area (Å²) in [4.78, 5) is 31.7. The van der Waals surface area contributed by atoms with Crippen LogP contribution in [-0.4, -0.2) is 54.9 Å². The molecule has 31 heavy (non-hydrogen) atoms. The third-order valence-corrected chi connectivity index (χ3v) is 5.03. The number of halogens is 3. The summed E-state index contributed by atoms with van der Waals surface area (Å²) in [6.07, 6.45) is 0.282. The first-order valence-corrected chi connectivity index (χ1v) is 9.85. The Kier molecular flexibility index (Phi) is 6.94. The Morgan fingerprint density at radius 3 is 2.39 bits per heavy atom. The SMILES string of the molecule is CNC(=O)c1ccc(/C=C/C(=O)N2CCCN(c3ccc(C(F)(F)F)cn3)CC2)cc1. The van der Waals surface area contributed by atoms with Crippen molar-refractivity contribution >= 4 is 23.7 Å². The van der Waals surface area contributed by atoms with Crippen LogP contribution in [0.1, 0.15) is 27.9 Å². The van der Waals surface area contributed by atoms with Gasteiger partial charge >= 0.3 is 6.18 Å². The highest BCUT2D eigenvalue weighted by molar-refractivity contribution is 5.94. The zero-order valence-corrected chi connectivity index (χ0v) is 17.0. The molecule has 0 aliphatic carbocycles. The van der Waals surface area contributed by atoms with Gasteiger partial charge in [-0.1, -0.05) is 12.1 Å². The molecule has 1 aromatic heterocycles. The minimum Gasteiger partial charge on any atom is -0.355 e. The molecule has 2 amide bonds. The van der Waals surface area contributed by atoms with Gasteiger partial charge in [0.05, 0.1) is 5.56 Å². The standard InChI is InChI=1S/C22H23F3N4O2/c1-26-21(31)17-6-3-16(4-7-17)5-10-20(30)29-12-2-11-28(13-14-29)19-9-8-18(15-27-19)22(23,24)25/h3-10,15H,2,11-14H2,1H3,(H,26,31)/b10-5+. The number of carbonyl (C=O) groups excluding carboxylic acids is 2. The molecule has 3 rings (SSSR count). The second kappa shape index (κ2) is 9.63. The summed E-state index contributed by atoms with van der Waals surface area (Å²) in [5.41, 5.74) is 0.554. The molecule has 0 unspecified atom stereocenters. The topological polar surface area (TPSA) is 65.5 Å². The summed E-state index contributed by atoms with van der Waals surface area (Å²) in [6.45, 7) is 2.09. The first kappa shape index (κ1) is 22.3. The van der Waals surface area contributed by atoms with Crippen molar-refractivity contribution < 1.29 is 22.8 Å². The number of nitrogens with one attached hydrogen (secondary N) is 1. The molecule has 0 radical (unpaired) electrons. The number of alkyl halides is 3. The number of anilines is 1. The maximum atomic E-state index is 12.7. The number of aromatic nitrogens is 1. The van der Waals surface area contributed by atoms with Gasteiger partial charge in [-0.2, -0.15) is 13.2 Å². The number of pyridine rings is 1. The number of nitrogens with zero attached hydrogens (tertiary/aromatic N) is 3. The van der Waals surface area contributed by atoms with E-state index in [0.717, 1.165) is 17.8 Å². The lowest BCUT2D eigenvalue weighted by molar-refractivity contribution is -0.137. The molecule has 1 aliphatic rings. The van der Waals surface area contributed by atoms with Crippen molar-refractivity contribution in [2.45, 2.75) is 12.6 Å². The molecule has 0 saturated carbocycles. The Labute approximate surface area is 178 Å². The summed E-state index contributed by atoms with van der Waals surface area (Å²) >= 11 is 0. The van der Waals surface area contributed by atoms with Gasteiger partial charge in [0.1, 0.15) is 5.82 Å². The molecule has 1 saturated heterocycles. The van der Waals surface area contributed by atoms with Crippen molar-refractivity contribution in [3.63, 3.8) is 0 Å². The lowest BCUT2D eigenvalue weighted by Gasteiger charge is -2.22. The van der Waals surface area contributed by atoms with Gasteiger partial charge in [0, 0.05) is 51.1 Å². The largest absolute Gasteiger partial charge is 0.417 e. The predicted octanol–water partition coefficient (Wildman–Crippen LogP) is 3.21. The fourth-order valence-corrected chi connectivity index (χ4v) is 3.27. The third kappa shape index (κ3) is 5.84. The molecule has 0 spiro atoms. The highest BCUT2D eigenvalue weighted by Crippen LogP contribution is 2.29. The average Bonchev–Trinajstić information content (AvgIpc) is 3.03. The molecule has 0 bridgehead atoms. The molecule has 6 nitrogen and oxygen atoms in total. The van der Waals surface area contributed by atoms with Crippen molar-refractivity contribution in [1.82, 2.24) is 15.2 Å². The van der Waals surface area contributed by atoms with E-state index in [4.69, 9.17) is 0 Å². The highest BCUT2D eigenvalue weighted by atomic mass is 19.4. The van der Waals surface area contributed by atoms with Crippen LogP contribution in [0.3, 0.4) is 0 Å². The fourth-order valence-electron chi connectivity index (χ4n) is 3.27. The lowest BCUT2D eigenvalue weighted by Crippen LogP contribution is -2.34. The summed E-state index contributed by atoms with van der Waals surface area (Å²) < 4.78 is 38.1. The number of benzene rings is 1. The first-order chi connectivity index (χ1) is 14.8. The van der Waals surface area contributed by atoms with Crippen molar-refractivity contribution in [3.05, 3.63) is 65.4 Å². The Bertz CT molecular complexity index is 941. The number of amides is 2. The number of hydrogen-bond donors (Lipinski definition) is 1. The second-order valence-corrected chi connectivity index (χ2v) is 7.10. The van der Waals surface area contributed by atoms with Gasteiger partial charge in [0.15, 0.2) is 0 Å². The first-order valence-electron chi connectivity index (χ1n) is 9.85. The van der Waals surface area contributed by atoms with E-state index in [9.17, 15) is 22.8 Å². The van der Waals surface area contributed by atoms with E-state index in [1.54, 1.807) is 42.3 Å².